The zero-order valence-corrected chi connectivity index (χ0v) is 47.7. The first kappa shape index (κ1) is 61.5. The number of carbonyl (C=O) groups excluding carboxylic acids is 1. The lowest BCUT2D eigenvalue weighted by Crippen LogP contribution is -2.67. The second-order valence-electron chi connectivity index (χ2n) is 23.3. The molecule has 5 aromatic rings. The van der Waals surface area contributed by atoms with Crippen LogP contribution in [0, 0.1) is 17.8 Å². The smallest absolute Gasteiger partial charge is 0.355 e. The minimum absolute atomic E-state index is 0.0217. The number of aliphatic carboxylic acids is 1. The van der Waals surface area contributed by atoms with E-state index in [0.29, 0.717) is 86.8 Å². The fourth-order valence-corrected chi connectivity index (χ4v) is 14.5. The molecule has 460 valence electrons. The molecule has 17 N–H and O–H groups in total. The number of fused-ring (bicyclic) bond motifs is 6. The molecular formula is C63H77N7O16. The lowest BCUT2D eigenvalue weighted by Gasteiger charge is -2.58. The minimum atomic E-state index is -3.36. The standard InChI is InChI=1S/C63H77N7O16/c1-65-25-23-42-43(69-33-68-42)27-38-26-34(15-21-45(38)74)16-22-49(76)70-44-28-47(85-63(84)58(81)57(80)55(78)48(32-72)86-63)54(77)56(79)50(44)53-52(62-39(11-6-12-40(62)31-71)19-17-36-10-5-14-46(75)51(36)62)37(29-61(53,70)59(82)83)18-20-41(73)13-7-24-66-60(64)67-30-35-8-3-2-4-9-35/h2-5,8-10,14-16,21-22,26,28-29,33,39-41,48,52-53,55,57-58,65,71-75,77-81,84H,6-7,11-13,17-20,23-25,27,30-32H2,1H3,(H,68,69)(H,82,83)(H3,64,66,67). The van der Waals surface area contributed by atoms with E-state index in [2.05, 4.69) is 25.6 Å². The number of imidazole rings is 1. The van der Waals surface area contributed by atoms with E-state index < -0.39 is 108 Å². The number of likely N-dealkylation sites (N-methyl/N-ethyl adjacent to an activating group) is 1. The zero-order chi connectivity index (χ0) is 61.2. The predicted molar refractivity (Wildman–Crippen MR) is 314 cm³/mol. The molecule has 10 rings (SSSR count). The number of carboxylic acid groups (broad SMARTS) is 1. The van der Waals surface area contributed by atoms with Crippen molar-refractivity contribution in [3.05, 3.63) is 142 Å². The first-order valence-electron chi connectivity index (χ1n) is 29.3. The monoisotopic (exact) mass is 1190 g/mol. The van der Waals surface area contributed by atoms with Crippen LogP contribution in [0.4, 0.5) is 5.69 Å². The van der Waals surface area contributed by atoms with Gasteiger partial charge in [-0.3, -0.25) is 9.69 Å². The third-order valence-corrected chi connectivity index (χ3v) is 18.4. The van der Waals surface area contributed by atoms with Gasteiger partial charge in [0.2, 0.25) is 5.75 Å². The van der Waals surface area contributed by atoms with E-state index in [1.165, 1.54) is 24.3 Å². The van der Waals surface area contributed by atoms with Crippen LogP contribution in [0.2, 0.25) is 0 Å². The summed E-state index contributed by atoms with van der Waals surface area (Å²) in [6, 6.07) is 20.3. The fraction of sp³-hybridized carbons (Fsp3) is 0.460. The number of aryl methyl sites for hydroxylation is 1. The van der Waals surface area contributed by atoms with Gasteiger partial charge in [-0.15, -0.1) is 0 Å². The molecule has 0 bridgehead atoms. The maximum absolute atomic E-state index is 15.7. The molecule has 23 nitrogen and oxygen atoms in total. The maximum atomic E-state index is 15.7. The molecule has 2 aliphatic heterocycles. The predicted octanol–water partition coefficient (Wildman–Crippen LogP) is 2.93. The highest BCUT2D eigenvalue weighted by Gasteiger charge is 2.72. The number of phenols is 4. The van der Waals surface area contributed by atoms with Crippen molar-refractivity contribution >= 4 is 29.6 Å². The summed E-state index contributed by atoms with van der Waals surface area (Å²) < 4.78 is 11.1. The topological polar surface area (TPSA) is 390 Å². The van der Waals surface area contributed by atoms with Crippen molar-refractivity contribution in [3.8, 4) is 28.7 Å². The number of phenolic OH excluding ortho intramolecular Hbond substituents is 4. The van der Waals surface area contributed by atoms with E-state index in [9.17, 15) is 61.3 Å². The number of ether oxygens (including phenoxy) is 2. The first-order chi connectivity index (χ1) is 41.3. The molecule has 5 aliphatic rings. The second-order valence-corrected chi connectivity index (χ2v) is 23.3. The zero-order valence-electron chi connectivity index (χ0n) is 47.7. The van der Waals surface area contributed by atoms with Gasteiger partial charge in [0.05, 0.1) is 37.0 Å². The van der Waals surface area contributed by atoms with Crippen LogP contribution in [0.3, 0.4) is 0 Å². The SMILES string of the molecule is CNCCc1nc[nH]c1Cc1cc(C=CC(=O)N2c3cc(OC4(O)OC(CO)C(O)C(O)C4O)c(O)c(O)c3C3C(C45c6c(O)cccc6CCC4CCCC5CO)C(CCC(O)CCCNC(N)=NCc4ccccc4)=CC32C(=O)O)ccc1O. The van der Waals surface area contributed by atoms with E-state index in [4.69, 9.17) is 15.2 Å². The number of H-pyrrole nitrogens is 1. The normalized spacial score (nSPS) is 28.1. The number of aromatic nitrogens is 2. The Kier molecular flexibility index (Phi) is 18.2. The quantitative estimate of drug-likeness (QED) is 0.00901. The van der Waals surface area contributed by atoms with Gasteiger partial charge in [-0.25, -0.2) is 14.8 Å². The molecule has 12 atom stereocenters. The molecule has 4 aromatic carbocycles. The minimum Gasteiger partial charge on any atom is -0.508 e. The number of hydrogen-bond acceptors (Lipinski definition) is 18. The number of nitrogens with one attached hydrogen (secondary N) is 3. The highest BCUT2D eigenvalue weighted by molar-refractivity contribution is 6.13. The van der Waals surface area contributed by atoms with Gasteiger partial charge in [-0.05, 0) is 117 Å². The van der Waals surface area contributed by atoms with Crippen molar-refractivity contribution in [2.75, 3.05) is 38.3 Å². The van der Waals surface area contributed by atoms with Gasteiger partial charge in [0, 0.05) is 84.3 Å². The van der Waals surface area contributed by atoms with Crippen molar-refractivity contribution < 1.29 is 80.3 Å². The number of allylic oxidation sites excluding steroid dienone is 1. The van der Waals surface area contributed by atoms with Gasteiger partial charge in [-0.1, -0.05) is 60.5 Å². The number of carbonyl (C=O) groups is 2. The Balaban J connectivity index is 1.10. The molecule has 3 aliphatic carbocycles. The van der Waals surface area contributed by atoms with Crippen LogP contribution >= 0.6 is 0 Å². The van der Waals surface area contributed by atoms with E-state index >= 15 is 9.59 Å². The second kappa shape index (κ2) is 25.4. The van der Waals surface area contributed by atoms with Crippen LogP contribution in [0.15, 0.2) is 102 Å². The van der Waals surface area contributed by atoms with Crippen LogP contribution in [-0.4, -0.2) is 164 Å². The number of amides is 1. The molecule has 1 saturated heterocycles. The first-order valence-corrected chi connectivity index (χ1v) is 29.3. The number of hydrogen-bond donors (Lipinski definition) is 16. The highest BCUT2D eigenvalue weighted by atomic mass is 16.8. The van der Waals surface area contributed by atoms with E-state index in [-0.39, 0.29) is 60.3 Å². The number of aromatic amines is 1. The molecule has 3 heterocycles. The molecule has 23 heteroatoms. The van der Waals surface area contributed by atoms with Gasteiger partial charge in [0.25, 0.3) is 5.91 Å². The third kappa shape index (κ3) is 11.2. The summed E-state index contributed by atoms with van der Waals surface area (Å²) in [5.41, 5.74) is 6.73. The van der Waals surface area contributed by atoms with Crippen LogP contribution in [0.25, 0.3) is 6.08 Å². The summed E-state index contributed by atoms with van der Waals surface area (Å²) in [4.78, 5) is 43.7. The largest absolute Gasteiger partial charge is 0.508 e. The van der Waals surface area contributed by atoms with Crippen LogP contribution in [0.1, 0.15) is 102 Å². The molecule has 0 radical (unpaired) electrons. The number of nitrogens with zero attached hydrogens (tertiary/aromatic N) is 3. The number of benzene rings is 4. The third-order valence-electron chi connectivity index (χ3n) is 18.4. The van der Waals surface area contributed by atoms with Gasteiger partial charge < -0.3 is 92.1 Å². The number of nitrogens with two attached hydrogens (primary N) is 1. The molecule has 1 saturated carbocycles. The van der Waals surface area contributed by atoms with Gasteiger partial charge >= 0.3 is 11.9 Å². The van der Waals surface area contributed by atoms with Crippen molar-refractivity contribution in [1.82, 2.24) is 20.6 Å². The lowest BCUT2D eigenvalue weighted by molar-refractivity contribution is -0.422. The van der Waals surface area contributed by atoms with Crippen molar-refractivity contribution in [1.29, 1.82) is 0 Å². The van der Waals surface area contributed by atoms with Gasteiger partial charge in [0.1, 0.15) is 29.8 Å². The van der Waals surface area contributed by atoms with Crippen LogP contribution in [0.5, 0.6) is 28.7 Å². The summed E-state index contributed by atoms with van der Waals surface area (Å²) >= 11 is 0. The summed E-state index contributed by atoms with van der Waals surface area (Å²) in [5, 5.41) is 145. The number of carboxylic acids is 1. The Hall–Kier alpha value is -7.58. The Labute approximate surface area is 496 Å². The maximum Gasteiger partial charge on any atom is 0.355 e. The van der Waals surface area contributed by atoms with Crippen LogP contribution in [-0.2, 0) is 45.5 Å². The summed E-state index contributed by atoms with van der Waals surface area (Å²) in [7, 11) is 1.82. The van der Waals surface area contributed by atoms with Gasteiger partial charge in [-0.2, -0.15) is 0 Å². The van der Waals surface area contributed by atoms with Crippen molar-refractivity contribution in [2.24, 2.45) is 28.5 Å². The Morgan fingerprint density at radius 2 is 1.72 bits per heavy atom. The molecule has 12 unspecified atom stereocenters. The van der Waals surface area contributed by atoms with E-state index in [0.717, 1.165) is 39.6 Å². The summed E-state index contributed by atoms with van der Waals surface area (Å²) in [5.74, 6) is -12.6. The van der Waals surface area contributed by atoms with Gasteiger partial charge in [0.15, 0.2) is 29.1 Å². The van der Waals surface area contributed by atoms with E-state index in [1.54, 1.807) is 24.5 Å². The molecule has 0 spiro atoms. The van der Waals surface area contributed by atoms with Crippen molar-refractivity contribution in [3.63, 3.8) is 0 Å². The fourth-order valence-electron chi connectivity index (χ4n) is 14.5. The number of anilines is 1. The number of aliphatic hydroxyl groups is 7. The molecule has 86 heavy (non-hydrogen) atoms. The number of rotatable bonds is 22. The number of guanidine groups is 1. The Bertz CT molecular complexity index is 3370. The lowest BCUT2D eigenvalue weighted by atomic mass is 9.45. The Morgan fingerprint density at radius 3 is 2.47 bits per heavy atom. The Morgan fingerprint density at radius 1 is 0.930 bits per heavy atom. The molecule has 1 aromatic heterocycles. The summed E-state index contributed by atoms with van der Waals surface area (Å²) in [6.07, 6.45) is 0.568. The number of aromatic hydroxyl groups is 4. The average molecular weight is 1190 g/mol. The molecular weight excluding hydrogens is 1110 g/mol. The number of aliphatic imine (C=N–C) groups is 1. The molecule has 2 fully saturated rings. The van der Waals surface area contributed by atoms with Crippen LogP contribution < -0.4 is 26.0 Å². The average Bonchev–Trinajstić information content (AvgIpc) is 1.46. The van der Waals surface area contributed by atoms with Crippen molar-refractivity contribution in [2.45, 2.75) is 131 Å². The van der Waals surface area contributed by atoms with E-state index in [1.807, 2.05) is 43.4 Å². The molecule has 1 amide bonds. The summed E-state index contributed by atoms with van der Waals surface area (Å²) in [6.45, 7) is -0.0398. The number of aliphatic hydroxyl groups excluding tert-OH is 6. The highest BCUT2D eigenvalue weighted by Crippen LogP contribution is 2.72.